The van der Waals surface area contributed by atoms with E-state index in [1.807, 2.05) is 6.92 Å². The van der Waals surface area contributed by atoms with Gasteiger partial charge in [-0.3, -0.25) is 0 Å². The number of hydrogen-bond acceptors (Lipinski definition) is 6. The maximum absolute atomic E-state index is 12.4. The molecule has 0 radical (unpaired) electrons. The van der Waals surface area contributed by atoms with Crippen molar-refractivity contribution in [1.82, 2.24) is 14.9 Å². The molecule has 0 fully saturated rings. The van der Waals surface area contributed by atoms with Gasteiger partial charge in [-0.2, -0.15) is 18.6 Å². The summed E-state index contributed by atoms with van der Waals surface area (Å²) in [6.07, 6.45) is 3.06. The number of hydrogen-bond donors (Lipinski definition) is 0. The fourth-order valence-corrected chi connectivity index (χ4v) is 2.31. The first-order valence-corrected chi connectivity index (χ1v) is 7.91. The van der Waals surface area contributed by atoms with Crippen LogP contribution in [0.25, 0.3) is 0 Å². The van der Waals surface area contributed by atoms with Crippen LogP contribution in [0, 0.1) is 0 Å². The highest BCUT2D eigenvalue weighted by molar-refractivity contribution is 7.99. The molecule has 0 aliphatic heterocycles. The van der Waals surface area contributed by atoms with E-state index in [9.17, 15) is 8.78 Å². The molecule has 0 N–H and O–H groups in total. The normalized spacial score (nSPS) is 11.3. The van der Waals surface area contributed by atoms with Crippen molar-refractivity contribution >= 4 is 18.0 Å². The molecule has 0 unspecified atom stereocenters. The summed E-state index contributed by atoms with van der Waals surface area (Å²) >= 11 is 1.51. The molecule has 0 spiro atoms. The van der Waals surface area contributed by atoms with Gasteiger partial charge in [-0.25, -0.2) is 0 Å². The third kappa shape index (κ3) is 4.92. The molecule has 1 heterocycles. The lowest BCUT2D eigenvalue weighted by atomic mass is 10.2. The summed E-state index contributed by atoms with van der Waals surface area (Å²) in [7, 11) is 0. The molecular weight excluding hydrogens is 326 g/mol. The first kappa shape index (κ1) is 17.2. The van der Waals surface area contributed by atoms with Crippen molar-refractivity contribution in [2.75, 3.05) is 12.4 Å². The molecule has 0 saturated carbocycles. The van der Waals surface area contributed by atoms with Crippen molar-refractivity contribution in [3.05, 3.63) is 30.1 Å². The Labute approximate surface area is 136 Å². The minimum Gasteiger partial charge on any atom is -0.490 e. The van der Waals surface area contributed by atoms with Crippen molar-refractivity contribution in [1.29, 1.82) is 0 Å². The Balaban J connectivity index is 2.20. The molecule has 9 heteroatoms. The molecular formula is C14H16F2N4O2S. The lowest BCUT2D eigenvalue weighted by molar-refractivity contribution is -0.0514. The van der Waals surface area contributed by atoms with Gasteiger partial charge in [-0.1, -0.05) is 18.7 Å². The average Bonchev–Trinajstić information content (AvgIpc) is 2.95. The van der Waals surface area contributed by atoms with Gasteiger partial charge in [0.15, 0.2) is 11.5 Å². The number of benzene rings is 1. The van der Waals surface area contributed by atoms with E-state index in [2.05, 4.69) is 20.0 Å². The van der Waals surface area contributed by atoms with Crippen molar-refractivity contribution in [3.8, 4) is 11.5 Å². The largest absolute Gasteiger partial charge is 0.490 e. The minimum atomic E-state index is -2.90. The highest BCUT2D eigenvalue weighted by atomic mass is 32.2. The van der Waals surface area contributed by atoms with E-state index in [1.54, 1.807) is 25.3 Å². The lowest BCUT2D eigenvalue weighted by Gasteiger charge is -2.11. The Kier molecular flexibility index (Phi) is 6.33. The van der Waals surface area contributed by atoms with Crippen LogP contribution in [0.5, 0.6) is 11.5 Å². The van der Waals surface area contributed by atoms with Gasteiger partial charge in [0.2, 0.25) is 5.16 Å². The Bertz CT molecular complexity index is 664. The topological polar surface area (TPSA) is 61.5 Å². The Morgan fingerprint density at radius 2 is 2.17 bits per heavy atom. The monoisotopic (exact) mass is 342 g/mol. The van der Waals surface area contributed by atoms with Crippen LogP contribution in [0.2, 0.25) is 0 Å². The smallest absolute Gasteiger partial charge is 0.387 e. The molecule has 1 aromatic heterocycles. The van der Waals surface area contributed by atoms with E-state index >= 15 is 0 Å². The van der Waals surface area contributed by atoms with Gasteiger partial charge in [-0.05, 0) is 36.4 Å². The Morgan fingerprint density at radius 1 is 1.35 bits per heavy atom. The molecule has 0 aliphatic rings. The molecule has 0 aliphatic carbocycles. The fraction of sp³-hybridized carbons (Fsp3) is 0.357. The van der Waals surface area contributed by atoms with E-state index in [0.29, 0.717) is 17.3 Å². The zero-order valence-electron chi connectivity index (χ0n) is 12.6. The van der Waals surface area contributed by atoms with Crippen LogP contribution in [0.4, 0.5) is 8.78 Å². The molecule has 124 valence electrons. The van der Waals surface area contributed by atoms with Crippen molar-refractivity contribution in [2.24, 2.45) is 5.10 Å². The Hall–Kier alpha value is -2.16. The summed E-state index contributed by atoms with van der Waals surface area (Å²) in [6, 6.07) is 4.62. The first-order chi connectivity index (χ1) is 11.1. The van der Waals surface area contributed by atoms with Crippen LogP contribution in [-0.4, -0.2) is 40.1 Å². The van der Waals surface area contributed by atoms with E-state index in [-0.39, 0.29) is 11.5 Å². The first-order valence-electron chi connectivity index (χ1n) is 6.92. The van der Waals surface area contributed by atoms with Gasteiger partial charge in [0.25, 0.3) is 0 Å². The zero-order chi connectivity index (χ0) is 16.7. The number of halogens is 2. The third-order valence-electron chi connectivity index (χ3n) is 2.59. The number of aromatic nitrogens is 3. The van der Waals surface area contributed by atoms with Crippen LogP contribution in [0.15, 0.2) is 34.8 Å². The number of rotatable bonds is 8. The molecule has 2 rings (SSSR count). The molecule has 0 amide bonds. The second kappa shape index (κ2) is 8.47. The third-order valence-corrected chi connectivity index (χ3v) is 3.40. The predicted molar refractivity (Wildman–Crippen MR) is 83.7 cm³/mol. The molecule has 0 atom stereocenters. The van der Waals surface area contributed by atoms with Gasteiger partial charge in [0.1, 0.15) is 6.33 Å². The number of alkyl halides is 2. The summed E-state index contributed by atoms with van der Waals surface area (Å²) in [5.41, 5.74) is 0.677. The maximum atomic E-state index is 12.4. The minimum absolute atomic E-state index is 0.00877. The van der Waals surface area contributed by atoms with Crippen LogP contribution >= 0.6 is 11.8 Å². The van der Waals surface area contributed by atoms with E-state index in [0.717, 1.165) is 5.75 Å². The number of thioether (sulfide) groups is 1. The van der Waals surface area contributed by atoms with Gasteiger partial charge in [0, 0.05) is 0 Å². The summed E-state index contributed by atoms with van der Waals surface area (Å²) < 4.78 is 36.0. The van der Waals surface area contributed by atoms with Crippen molar-refractivity contribution in [3.63, 3.8) is 0 Å². The maximum Gasteiger partial charge on any atom is 0.387 e. The highest BCUT2D eigenvalue weighted by Gasteiger charge is 2.11. The zero-order valence-corrected chi connectivity index (χ0v) is 13.5. The SMILES string of the molecule is CCOc1cc(/C=N\n2cnnc2SCC)ccc1OC(F)F. The van der Waals surface area contributed by atoms with E-state index in [4.69, 9.17) is 4.74 Å². The summed E-state index contributed by atoms with van der Waals surface area (Å²) in [4.78, 5) is 0. The quantitative estimate of drug-likeness (QED) is 0.544. The summed E-state index contributed by atoms with van der Waals surface area (Å²) in [5, 5.41) is 12.7. The summed E-state index contributed by atoms with van der Waals surface area (Å²) in [6.45, 7) is 1.20. The molecule has 23 heavy (non-hydrogen) atoms. The van der Waals surface area contributed by atoms with Gasteiger partial charge < -0.3 is 9.47 Å². The molecule has 6 nitrogen and oxygen atoms in total. The highest BCUT2D eigenvalue weighted by Crippen LogP contribution is 2.29. The Morgan fingerprint density at radius 3 is 2.87 bits per heavy atom. The molecule has 0 saturated heterocycles. The number of ether oxygens (including phenoxy) is 2. The molecule has 2 aromatic rings. The van der Waals surface area contributed by atoms with Gasteiger partial charge in [0.05, 0.1) is 12.8 Å². The predicted octanol–water partition coefficient (Wildman–Crippen LogP) is 3.27. The van der Waals surface area contributed by atoms with Crippen LogP contribution in [-0.2, 0) is 0 Å². The number of nitrogens with zero attached hydrogens (tertiary/aromatic N) is 4. The second-order valence-electron chi connectivity index (χ2n) is 4.15. The molecule has 1 aromatic carbocycles. The average molecular weight is 342 g/mol. The van der Waals surface area contributed by atoms with Crippen molar-refractivity contribution < 1.29 is 18.3 Å². The van der Waals surface area contributed by atoms with Crippen LogP contribution in [0.1, 0.15) is 19.4 Å². The van der Waals surface area contributed by atoms with Gasteiger partial charge in [-0.15, -0.1) is 10.2 Å². The van der Waals surface area contributed by atoms with E-state index in [1.165, 1.54) is 28.8 Å². The lowest BCUT2D eigenvalue weighted by Crippen LogP contribution is -2.05. The van der Waals surface area contributed by atoms with E-state index < -0.39 is 6.61 Å². The fourth-order valence-electron chi connectivity index (χ4n) is 1.72. The van der Waals surface area contributed by atoms with Crippen LogP contribution in [0.3, 0.4) is 0 Å². The standard InChI is InChI=1S/C14H16F2N4O2S/c1-3-21-12-7-10(5-6-11(12)22-13(15)16)8-18-20-9-17-19-14(20)23-4-2/h5-9,13H,3-4H2,1-2H3/b18-8-. The molecule has 0 bridgehead atoms. The summed E-state index contributed by atoms with van der Waals surface area (Å²) in [5.74, 6) is 1.08. The van der Waals surface area contributed by atoms with Gasteiger partial charge >= 0.3 is 6.61 Å². The van der Waals surface area contributed by atoms with Crippen LogP contribution < -0.4 is 9.47 Å². The van der Waals surface area contributed by atoms with Crippen molar-refractivity contribution in [2.45, 2.75) is 25.6 Å². The second-order valence-corrected chi connectivity index (χ2v) is 5.38.